The third kappa shape index (κ3) is 3.05. The Hall–Kier alpha value is -1.38. The summed E-state index contributed by atoms with van der Waals surface area (Å²) in [6, 6.07) is 6.53. The quantitative estimate of drug-likeness (QED) is 0.738. The van der Waals surface area contributed by atoms with Crippen LogP contribution in [0.3, 0.4) is 0 Å². The summed E-state index contributed by atoms with van der Waals surface area (Å²) < 4.78 is 13.0. The molecule has 0 radical (unpaired) electrons. The number of carbonyl (C=O) groups excluding carboxylic acids is 1. The first kappa shape index (κ1) is 12.7. The highest BCUT2D eigenvalue weighted by molar-refractivity contribution is 5.48. The monoisotopic (exact) mass is 223 g/mol. The largest absolute Gasteiger partial charge is 0.353 e. The second-order valence-corrected chi connectivity index (χ2v) is 4.06. The van der Waals surface area contributed by atoms with Gasteiger partial charge in [-0.3, -0.25) is 4.79 Å². The van der Waals surface area contributed by atoms with E-state index >= 15 is 0 Å². The second kappa shape index (κ2) is 5.64. The zero-order valence-corrected chi connectivity index (χ0v) is 9.79. The molecule has 1 amide bonds. The van der Waals surface area contributed by atoms with Crippen LogP contribution in [0.25, 0.3) is 0 Å². The summed E-state index contributed by atoms with van der Waals surface area (Å²) >= 11 is 0. The van der Waals surface area contributed by atoms with Crippen LogP contribution in [0, 0.1) is 5.82 Å². The molecule has 0 atom stereocenters. The van der Waals surface area contributed by atoms with Gasteiger partial charge in [0.2, 0.25) is 6.41 Å². The average molecular weight is 223 g/mol. The van der Waals surface area contributed by atoms with E-state index in [1.165, 1.54) is 12.1 Å². The van der Waals surface area contributed by atoms with Crippen LogP contribution in [0.5, 0.6) is 0 Å². The average Bonchev–Trinajstić information content (AvgIpc) is 2.28. The summed E-state index contributed by atoms with van der Waals surface area (Å²) in [5.74, 6) is -0.232. The molecule has 0 aromatic heterocycles. The lowest BCUT2D eigenvalue weighted by molar-refractivity contribution is -0.111. The molecule has 1 rings (SSSR count). The minimum atomic E-state index is -0.254. The molecule has 88 valence electrons. The highest BCUT2D eigenvalue weighted by Gasteiger charge is 2.25. The maximum Gasteiger partial charge on any atom is 0.207 e. The molecule has 0 bridgehead atoms. The van der Waals surface area contributed by atoms with E-state index in [2.05, 4.69) is 5.32 Å². The van der Waals surface area contributed by atoms with Gasteiger partial charge in [-0.05, 0) is 37.0 Å². The third-order valence-electron chi connectivity index (χ3n) is 3.15. The van der Waals surface area contributed by atoms with Crippen molar-refractivity contribution in [1.29, 1.82) is 0 Å². The van der Waals surface area contributed by atoms with E-state index in [4.69, 9.17) is 0 Å². The van der Waals surface area contributed by atoms with Gasteiger partial charge in [0.25, 0.3) is 0 Å². The van der Waals surface area contributed by atoms with Crippen LogP contribution in [0.15, 0.2) is 24.3 Å². The molecule has 0 unspecified atom stereocenters. The van der Waals surface area contributed by atoms with Gasteiger partial charge in [-0.25, -0.2) is 4.39 Å². The molecule has 2 nitrogen and oxygen atoms in total. The summed E-state index contributed by atoms with van der Waals surface area (Å²) in [6.07, 6.45) is 3.06. The molecule has 0 aliphatic rings. The van der Waals surface area contributed by atoms with E-state index in [1.807, 2.05) is 19.9 Å². The molecule has 3 heteroatoms. The van der Waals surface area contributed by atoms with Gasteiger partial charge in [0.1, 0.15) is 5.82 Å². The van der Waals surface area contributed by atoms with Gasteiger partial charge in [0.05, 0.1) is 0 Å². The van der Waals surface area contributed by atoms with Crippen LogP contribution in [0.4, 0.5) is 4.39 Å². The number of nitrogens with one attached hydrogen (secondary N) is 1. The summed E-state index contributed by atoms with van der Waals surface area (Å²) in [4.78, 5) is 10.6. The first-order valence-corrected chi connectivity index (χ1v) is 5.61. The van der Waals surface area contributed by atoms with Gasteiger partial charge in [0, 0.05) is 5.54 Å². The highest BCUT2D eigenvalue weighted by Crippen LogP contribution is 2.21. The van der Waals surface area contributed by atoms with Crippen LogP contribution in [-0.2, 0) is 11.2 Å². The van der Waals surface area contributed by atoms with Crippen LogP contribution in [0.1, 0.15) is 32.3 Å². The number of benzene rings is 1. The Bertz CT molecular complexity index is 348. The number of hydrogen-bond acceptors (Lipinski definition) is 1. The molecular weight excluding hydrogens is 205 g/mol. The fraction of sp³-hybridized carbons (Fsp3) is 0.462. The standard InChI is InChI=1S/C13H18FNO/c1-3-13(4-2,15-10-16)9-11-6-5-7-12(14)8-11/h5-8,10H,3-4,9H2,1-2H3,(H,15,16). The highest BCUT2D eigenvalue weighted by atomic mass is 19.1. The fourth-order valence-electron chi connectivity index (χ4n) is 1.92. The topological polar surface area (TPSA) is 29.1 Å². The molecule has 0 fully saturated rings. The van der Waals surface area contributed by atoms with E-state index in [-0.39, 0.29) is 11.4 Å². The van der Waals surface area contributed by atoms with Gasteiger partial charge in [-0.2, -0.15) is 0 Å². The van der Waals surface area contributed by atoms with E-state index in [1.54, 1.807) is 6.07 Å². The Labute approximate surface area is 95.9 Å². The minimum Gasteiger partial charge on any atom is -0.353 e. The van der Waals surface area contributed by atoms with Crippen molar-refractivity contribution in [3.8, 4) is 0 Å². The molecule has 1 aromatic rings. The fourth-order valence-corrected chi connectivity index (χ4v) is 1.92. The number of amides is 1. The number of carbonyl (C=O) groups is 1. The Morgan fingerprint density at radius 3 is 2.56 bits per heavy atom. The predicted octanol–water partition coefficient (Wildman–Crippen LogP) is 2.67. The second-order valence-electron chi connectivity index (χ2n) is 4.06. The van der Waals surface area contributed by atoms with E-state index < -0.39 is 0 Å². The Kier molecular flexibility index (Phi) is 4.47. The summed E-state index contributed by atoms with van der Waals surface area (Å²) in [5, 5.41) is 2.86. The van der Waals surface area contributed by atoms with Gasteiger partial charge < -0.3 is 5.32 Å². The zero-order chi connectivity index (χ0) is 12.0. The molecule has 1 aromatic carbocycles. The van der Waals surface area contributed by atoms with Crippen LogP contribution < -0.4 is 5.32 Å². The van der Waals surface area contributed by atoms with Crippen molar-refractivity contribution >= 4 is 6.41 Å². The van der Waals surface area contributed by atoms with Gasteiger partial charge >= 0.3 is 0 Å². The van der Waals surface area contributed by atoms with Gasteiger partial charge in [0.15, 0.2) is 0 Å². The molecule has 1 N–H and O–H groups in total. The first-order valence-electron chi connectivity index (χ1n) is 5.61. The normalized spacial score (nSPS) is 11.2. The lowest BCUT2D eigenvalue weighted by Gasteiger charge is -2.31. The summed E-state index contributed by atoms with van der Waals surface area (Å²) in [5.41, 5.74) is 0.660. The zero-order valence-electron chi connectivity index (χ0n) is 9.79. The van der Waals surface area contributed by atoms with E-state index in [0.29, 0.717) is 6.42 Å². The molecule has 0 spiro atoms. The smallest absolute Gasteiger partial charge is 0.207 e. The first-order chi connectivity index (χ1) is 7.65. The third-order valence-corrected chi connectivity index (χ3v) is 3.15. The Morgan fingerprint density at radius 1 is 1.38 bits per heavy atom. The molecule has 0 aliphatic carbocycles. The number of halogens is 1. The SMILES string of the molecule is CCC(CC)(Cc1cccc(F)c1)NC=O. The van der Waals surface area contributed by atoms with Crippen LogP contribution in [0.2, 0.25) is 0 Å². The molecule has 0 heterocycles. The lowest BCUT2D eigenvalue weighted by atomic mass is 9.86. The van der Waals surface area contributed by atoms with Gasteiger partial charge in [-0.1, -0.05) is 26.0 Å². The predicted molar refractivity (Wildman–Crippen MR) is 62.6 cm³/mol. The summed E-state index contributed by atoms with van der Waals surface area (Å²) in [6.45, 7) is 4.05. The molecule has 0 saturated carbocycles. The van der Waals surface area contributed by atoms with E-state index in [0.717, 1.165) is 24.8 Å². The van der Waals surface area contributed by atoms with Crippen LogP contribution in [-0.4, -0.2) is 11.9 Å². The van der Waals surface area contributed by atoms with Crippen molar-refractivity contribution in [2.45, 2.75) is 38.6 Å². The van der Waals surface area contributed by atoms with Crippen molar-refractivity contribution in [1.82, 2.24) is 5.32 Å². The summed E-state index contributed by atoms with van der Waals surface area (Å²) in [7, 11) is 0. The molecule has 0 saturated heterocycles. The molecule has 16 heavy (non-hydrogen) atoms. The Balaban J connectivity index is 2.86. The Morgan fingerprint density at radius 2 is 2.06 bits per heavy atom. The maximum absolute atomic E-state index is 13.0. The van der Waals surface area contributed by atoms with Crippen molar-refractivity contribution in [3.63, 3.8) is 0 Å². The van der Waals surface area contributed by atoms with Crippen molar-refractivity contribution < 1.29 is 9.18 Å². The maximum atomic E-state index is 13.0. The number of rotatable bonds is 6. The van der Waals surface area contributed by atoms with Crippen molar-refractivity contribution in [2.75, 3.05) is 0 Å². The van der Waals surface area contributed by atoms with Gasteiger partial charge in [-0.15, -0.1) is 0 Å². The molecular formula is C13H18FNO. The van der Waals surface area contributed by atoms with E-state index in [9.17, 15) is 9.18 Å². The van der Waals surface area contributed by atoms with Crippen molar-refractivity contribution in [2.24, 2.45) is 0 Å². The minimum absolute atomic E-state index is 0.232. The van der Waals surface area contributed by atoms with Crippen molar-refractivity contribution in [3.05, 3.63) is 35.6 Å². The number of hydrogen-bond donors (Lipinski definition) is 1. The molecule has 0 aliphatic heterocycles. The lowest BCUT2D eigenvalue weighted by Crippen LogP contribution is -2.45. The van der Waals surface area contributed by atoms with Crippen LogP contribution >= 0.6 is 0 Å².